The number of thioether (sulfide) groups is 1. The summed E-state index contributed by atoms with van der Waals surface area (Å²) in [6.07, 6.45) is 10.9. The van der Waals surface area contributed by atoms with Crippen LogP contribution in [-0.4, -0.2) is 89.8 Å². The van der Waals surface area contributed by atoms with Crippen molar-refractivity contribution in [2.75, 3.05) is 56.6 Å². The van der Waals surface area contributed by atoms with Gasteiger partial charge in [-0.1, -0.05) is 18.2 Å². The first-order valence-electron chi connectivity index (χ1n) is 12.1. The fourth-order valence-electron chi connectivity index (χ4n) is 4.54. The lowest BCUT2D eigenvalue weighted by Gasteiger charge is -2.35. The van der Waals surface area contributed by atoms with Crippen molar-refractivity contribution in [3.63, 3.8) is 0 Å². The maximum atomic E-state index is 13.0. The molecule has 4 heterocycles. The highest BCUT2D eigenvalue weighted by Gasteiger charge is 2.22. The third-order valence-corrected chi connectivity index (χ3v) is 8.88. The molecular formula is C25H30N6O3S2. The van der Waals surface area contributed by atoms with Crippen molar-refractivity contribution in [3.05, 3.63) is 53.8 Å². The average molecular weight is 527 g/mol. The number of piperazine rings is 1. The van der Waals surface area contributed by atoms with Crippen LogP contribution in [0.2, 0.25) is 0 Å². The van der Waals surface area contributed by atoms with Gasteiger partial charge >= 0.3 is 0 Å². The molecule has 0 spiro atoms. The van der Waals surface area contributed by atoms with Gasteiger partial charge in [-0.2, -0.15) is 0 Å². The Kier molecular flexibility index (Phi) is 7.31. The number of carbonyl (C=O) groups excluding carboxylic acids is 1. The molecule has 0 aliphatic carbocycles. The molecule has 5 rings (SSSR count). The van der Waals surface area contributed by atoms with Crippen molar-refractivity contribution in [3.8, 4) is 11.3 Å². The molecule has 9 nitrogen and oxygen atoms in total. The van der Waals surface area contributed by atoms with Crippen molar-refractivity contribution in [1.29, 1.82) is 0 Å². The van der Waals surface area contributed by atoms with Crippen molar-refractivity contribution in [1.82, 2.24) is 24.2 Å². The fourth-order valence-corrected chi connectivity index (χ4v) is 6.14. The first-order valence-corrected chi connectivity index (χ1v) is 14.9. The molecule has 2 aromatic heterocycles. The van der Waals surface area contributed by atoms with Crippen LogP contribution in [0, 0.1) is 0 Å². The zero-order valence-corrected chi connectivity index (χ0v) is 21.9. The SMILES string of the molecule is CS(=O)(=O)c1ccc(-c2nc3cnccn3c2NCC(=O)N2CCN(CCC3=CCCS3)CC2)cc1. The summed E-state index contributed by atoms with van der Waals surface area (Å²) in [6.45, 7) is 4.43. The van der Waals surface area contributed by atoms with E-state index in [0.29, 0.717) is 17.2 Å². The van der Waals surface area contributed by atoms with Gasteiger partial charge < -0.3 is 10.2 Å². The van der Waals surface area contributed by atoms with Gasteiger partial charge in [0, 0.05) is 62.7 Å². The van der Waals surface area contributed by atoms with E-state index in [1.807, 2.05) is 21.1 Å². The number of imidazole rings is 1. The molecule has 2 aliphatic rings. The second-order valence-corrected chi connectivity index (χ2v) is 12.3. The van der Waals surface area contributed by atoms with Crippen LogP contribution < -0.4 is 5.32 Å². The standard InChI is InChI=1S/C25H30N6O3S2/c1-36(33,34)21-6-4-19(5-7-21)24-25(31-11-9-26-17-22(31)28-24)27-18-23(32)30-14-12-29(13-15-30)10-8-20-3-2-16-35-20/h3-7,9,11,17,27H,2,8,10,12-16,18H2,1H3. The fraction of sp³-hybridized carbons (Fsp3) is 0.400. The van der Waals surface area contributed by atoms with Crippen LogP contribution in [0.15, 0.2) is 58.7 Å². The number of rotatable bonds is 8. The van der Waals surface area contributed by atoms with Gasteiger partial charge in [0.2, 0.25) is 5.91 Å². The van der Waals surface area contributed by atoms with E-state index in [0.717, 1.165) is 44.7 Å². The molecule has 0 unspecified atom stereocenters. The third kappa shape index (κ3) is 5.58. The molecule has 0 saturated carbocycles. The van der Waals surface area contributed by atoms with E-state index in [-0.39, 0.29) is 17.3 Å². The summed E-state index contributed by atoms with van der Waals surface area (Å²) in [4.78, 5) is 28.0. The van der Waals surface area contributed by atoms with Gasteiger partial charge in [0.15, 0.2) is 15.5 Å². The maximum absolute atomic E-state index is 13.0. The number of anilines is 1. The molecular weight excluding hydrogens is 496 g/mol. The number of nitrogens with zero attached hydrogens (tertiary/aromatic N) is 5. The minimum absolute atomic E-state index is 0.0473. The monoisotopic (exact) mass is 526 g/mol. The largest absolute Gasteiger partial charge is 0.360 e. The van der Waals surface area contributed by atoms with E-state index in [1.165, 1.54) is 23.3 Å². The molecule has 1 N–H and O–H groups in total. The van der Waals surface area contributed by atoms with Crippen LogP contribution in [0.5, 0.6) is 0 Å². The van der Waals surface area contributed by atoms with Gasteiger partial charge in [0.05, 0.1) is 17.6 Å². The molecule has 11 heteroatoms. The second-order valence-electron chi connectivity index (χ2n) is 9.04. The van der Waals surface area contributed by atoms with Crippen molar-refractivity contribution < 1.29 is 13.2 Å². The predicted octanol–water partition coefficient (Wildman–Crippen LogP) is 2.77. The van der Waals surface area contributed by atoms with Crippen molar-refractivity contribution in [2.45, 2.75) is 17.7 Å². The van der Waals surface area contributed by atoms with E-state index < -0.39 is 9.84 Å². The van der Waals surface area contributed by atoms with Crippen LogP contribution in [-0.2, 0) is 14.6 Å². The van der Waals surface area contributed by atoms with Crippen molar-refractivity contribution >= 4 is 39.0 Å². The number of aromatic nitrogens is 3. The second kappa shape index (κ2) is 10.6. The number of allylic oxidation sites excluding steroid dienone is 1. The summed E-state index contributed by atoms with van der Waals surface area (Å²) < 4.78 is 25.5. The number of hydrogen-bond acceptors (Lipinski definition) is 8. The van der Waals surface area contributed by atoms with Gasteiger partial charge in [-0.05, 0) is 29.9 Å². The summed E-state index contributed by atoms with van der Waals surface area (Å²) in [5.74, 6) is 1.93. The van der Waals surface area contributed by atoms with E-state index >= 15 is 0 Å². The minimum atomic E-state index is -3.29. The Morgan fingerprint density at radius 2 is 1.92 bits per heavy atom. The van der Waals surface area contributed by atoms with Crippen LogP contribution in [0.4, 0.5) is 5.82 Å². The Morgan fingerprint density at radius 1 is 1.14 bits per heavy atom. The lowest BCUT2D eigenvalue weighted by molar-refractivity contribution is -0.131. The highest BCUT2D eigenvalue weighted by Crippen LogP contribution is 2.30. The molecule has 2 aliphatic heterocycles. The number of carbonyl (C=O) groups is 1. The lowest BCUT2D eigenvalue weighted by Crippen LogP contribution is -2.50. The van der Waals surface area contributed by atoms with Gasteiger partial charge in [-0.3, -0.25) is 19.1 Å². The Balaban J connectivity index is 1.24. The molecule has 0 radical (unpaired) electrons. The smallest absolute Gasteiger partial charge is 0.242 e. The molecule has 0 bridgehead atoms. The van der Waals surface area contributed by atoms with Gasteiger partial charge in [0.1, 0.15) is 11.5 Å². The number of hydrogen-bond donors (Lipinski definition) is 1. The number of nitrogens with one attached hydrogen (secondary N) is 1. The summed E-state index contributed by atoms with van der Waals surface area (Å²) in [5.41, 5.74) is 2.03. The van der Waals surface area contributed by atoms with Crippen molar-refractivity contribution in [2.24, 2.45) is 0 Å². The number of fused-ring (bicyclic) bond motifs is 1. The quantitative estimate of drug-likeness (QED) is 0.478. The van der Waals surface area contributed by atoms with Gasteiger partial charge in [0.25, 0.3) is 0 Å². The lowest BCUT2D eigenvalue weighted by atomic mass is 10.1. The topological polar surface area (TPSA) is 99.9 Å². The molecule has 3 aromatic rings. The number of amides is 1. The summed E-state index contributed by atoms with van der Waals surface area (Å²) in [6, 6.07) is 6.61. The first kappa shape index (κ1) is 24.8. The van der Waals surface area contributed by atoms with E-state index in [1.54, 1.807) is 42.9 Å². The molecule has 36 heavy (non-hydrogen) atoms. The zero-order chi connectivity index (χ0) is 25.1. The summed E-state index contributed by atoms with van der Waals surface area (Å²) in [7, 11) is -3.29. The Bertz CT molecular complexity index is 1380. The van der Waals surface area contributed by atoms with Crippen LogP contribution >= 0.6 is 11.8 Å². The minimum Gasteiger partial charge on any atom is -0.360 e. The molecule has 1 saturated heterocycles. The molecule has 1 aromatic carbocycles. The van der Waals surface area contributed by atoms with Crippen LogP contribution in [0.3, 0.4) is 0 Å². The number of sulfone groups is 1. The predicted molar refractivity (Wildman–Crippen MR) is 143 cm³/mol. The first-order chi connectivity index (χ1) is 17.4. The van der Waals surface area contributed by atoms with Crippen LogP contribution in [0.1, 0.15) is 12.8 Å². The maximum Gasteiger partial charge on any atom is 0.242 e. The van der Waals surface area contributed by atoms with Gasteiger partial charge in [-0.15, -0.1) is 11.8 Å². The molecule has 190 valence electrons. The van der Waals surface area contributed by atoms with E-state index in [2.05, 4.69) is 26.3 Å². The zero-order valence-electron chi connectivity index (χ0n) is 20.3. The Labute approximate surface area is 215 Å². The number of benzene rings is 1. The average Bonchev–Trinajstić information content (AvgIpc) is 3.54. The normalized spacial score (nSPS) is 16.9. The van der Waals surface area contributed by atoms with E-state index in [9.17, 15) is 13.2 Å². The Morgan fingerprint density at radius 3 is 2.61 bits per heavy atom. The Hall–Kier alpha value is -2.89. The molecule has 0 atom stereocenters. The summed E-state index contributed by atoms with van der Waals surface area (Å²) in [5, 5.41) is 3.29. The summed E-state index contributed by atoms with van der Waals surface area (Å²) >= 11 is 1.97. The van der Waals surface area contributed by atoms with Crippen LogP contribution in [0.25, 0.3) is 16.9 Å². The molecule has 1 fully saturated rings. The highest BCUT2D eigenvalue weighted by atomic mass is 32.2. The van der Waals surface area contributed by atoms with E-state index in [4.69, 9.17) is 0 Å². The highest BCUT2D eigenvalue weighted by molar-refractivity contribution is 8.03. The third-order valence-electron chi connectivity index (χ3n) is 6.57. The van der Waals surface area contributed by atoms with Gasteiger partial charge in [-0.25, -0.2) is 13.4 Å². The molecule has 1 amide bonds.